The molecule has 2 aliphatic heterocycles. The average molecular weight is 421 g/mol. The second-order valence-corrected chi connectivity index (χ2v) is 7.75. The molecule has 1 amide bonds. The van der Waals surface area contributed by atoms with E-state index in [4.69, 9.17) is 14.2 Å². The number of rotatable bonds is 5. The standard InChI is InChI=1S/C23H23N3O5/c27-22-16-7-1-2-8-17(16)24-21(25-22)13-26(12-15-6-5-11-29-15)23(28)20-14-30-18-9-3-4-10-19(18)31-20/h1-4,7-10,15,20H,5-6,11-14H2,(H,24,25,27)/t15-,20-/m1/s1. The van der Waals surface area contributed by atoms with Crippen LogP contribution in [0.4, 0.5) is 0 Å². The van der Waals surface area contributed by atoms with Crippen LogP contribution >= 0.6 is 0 Å². The molecule has 2 atom stereocenters. The molecule has 2 aliphatic rings. The lowest BCUT2D eigenvalue weighted by Gasteiger charge is -2.31. The highest BCUT2D eigenvalue weighted by Gasteiger charge is 2.33. The molecule has 0 spiro atoms. The lowest BCUT2D eigenvalue weighted by atomic mass is 10.2. The minimum atomic E-state index is -0.775. The summed E-state index contributed by atoms with van der Waals surface area (Å²) in [6.45, 7) is 1.37. The fourth-order valence-corrected chi connectivity index (χ4v) is 4.00. The molecule has 1 N–H and O–H groups in total. The van der Waals surface area contributed by atoms with Crippen LogP contribution in [-0.4, -0.2) is 52.7 Å². The minimum absolute atomic E-state index is 0.0482. The number of ether oxygens (including phenoxy) is 3. The minimum Gasteiger partial charge on any atom is -0.485 e. The van der Waals surface area contributed by atoms with Crippen LogP contribution in [0.15, 0.2) is 53.3 Å². The molecule has 0 aliphatic carbocycles. The third-order valence-corrected chi connectivity index (χ3v) is 5.55. The van der Waals surface area contributed by atoms with Gasteiger partial charge in [0.1, 0.15) is 12.4 Å². The van der Waals surface area contributed by atoms with E-state index >= 15 is 0 Å². The van der Waals surface area contributed by atoms with Crippen molar-refractivity contribution in [3.63, 3.8) is 0 Å². The molecule has 0 unspecified atom stereocenters. The lowest BCUT2D eigenvalue weighted by molar-refractivity contribution is -0.143. The van der Waals surface area contributed by atoms with Crippen LogP contribution in [0.5, 0.6) is 11.5 Å². The molecule has 31 heavy (non-hydrogen) atoms. The van der Waals surface area contributed by atoms with Gasteiger partial charge >= 0.3 is 0 Å². The molecule has 1 saturated heterocycles. The molecule has 5 rings (SSSR count). The van der Waals surface area contributed by atoms with Crippen LogP contribution in [0.2, 0.25) is 0 Å². The Bertz CT molecular complexity index is 1160. The SMILES string of the molecule is O=C([C@H]1COc2ccccc2O1)N(Cc1nc2ccccc2c(=O)[nH]1)C[C@H]1CCCO1. The summed E-state index contributed by atoms with van der Waals surface area (Å²) in [5, 5.41) is 0.517. The van der Waals surface area contributed by atoms with Crippen LogP contribution in [-0.2, 0) is 16.1 Å². The van der Waals surface area contributed by atoms with Crippen LogP contribution < -0.4 is 15.0 Å². The maximum atomic E-state index is 13.4. The number of carbonyl (C=O) groups is 1. The topological polar surface area (TPSA) is 93.8 Å². The third-order valence-electron chi connectivity index (χ3n) is 5.55. The lowest BCUT2D eigenvalue weighted by Crippen LogP contribution is -2.48. The number of aromatic amines is 1. The first kappa shape index (κ1) is 19.6. The molecular weight excluding hydrogens is 398 g/mol. The number of benzene rings is 2. The van der Waals surface area contributed by atoms with Crippen molar-refractivity contribution in [3.05, 3.63) is 64.7 Å². The monoisotopic (exact) mass is 421 g/mol. The Morgan fingerprint density at radius 1 is 1.13 bits per heavy atom. The first-order chi connectivity index (χ1) is 15.2. The number of nitrogens with one attached hydrogen (secondary N) is 1. The van der Waals surface area contributed by atoms with E-state index in [1.165, 1.54) is 0 Å². The molecule has 160 valence electrons. The van der Waals surface area contributed by atoms with Gasteiger partial charge in [0.25, 0.3) is 11.5 Å². The largest absolute Gasteiger partial charge is 0.485 e. The van der Waals surface area contributed by atoms with Crippen molar-refractivity contribution >= 4 is 16.8 Å². The van der Waals surface area contributed by atoms with E-state index in [0.29, 0.717) is 41.4 Å². The molecule has 1 aromatic heterocycles. The maximum Gasteiger partial charge on any atom is 0.267 e. The van der Waals surface area contributed by atoms with E-state index in [1.54, 1.807) is 29.2 Å². The summed E-state index contributed by atoms with van der Waals surface area (Å²) in [4.78, 5) is 34.9. The Kier molecular flexibility index (Phi) is 5.30. The Balaban J connectivity index is 1.40. The van der Waals surface area contributed by atoms with E-state index in [9.17, 15) is 9.59 Å². The van der Waals surface area contributed by atoms with Crippen LogP contribution in [0, 0.1) is 0 Å². The molecule has 0 radical (unpaired) electrons. The molecule has 3 aromatic rings. The molecular formula is C23H23N3O5. The van der Waals surface area contributed by atoms with Gasteiger partial charge in [-0.1, -0.05) is 24.3 Å². The molecule has 0 bridgehead atoms. The predicted molar refractivity (Wildman–Crippen MR) is 113 cm³/mol. The number of amides is 1. The summed E-state index contributed by atoms with van der Waals surface area (Å²) >= 11 is 0. The summed E-state index contributed by atoms with van der Waals surface area (Å²) in [7, 11) is 0. The van der Waals surface area contributed by atoms with E-state index in [2.05, 4.69) is 9.97 Å². The van der Waals surface area contributed by atoms with Crippen molar-refractivity contribution in [1.29, 1.82) is 0 Å². The summed E-state index contributed by atoms with van der Waals surface area (Å²) in [6, 6.07) is 14.4. The van der Waals surface area contributed by atoms with Crippen molar-refractivity contribution < 1.29 is 19.0 Å². The van der Waals surface area contributed by atoms with E-state index in [-0.39, 0.29) is 30.7 Å². The number of aromatic nitrogens is 2. The molecule has 0 saturated carbocycles. The quantitative estimate of drug-likeness (QED) is 0.679. The fourth-order valence-electron chi connectivity index (χ4n) is 4.00. The molecule has 2 aromatic carbocycles. The molecule has 3 heterocycles. The fraction of sp³-hybridized carbons (Fsp3) is 0.348. The van der Waals surface area contributed by atoms with Crippen molar-refractivity contribution in [1.82, 2.24) is 14.9 Å². The van der Waals surface area contributed by atoms with Gasteiger partial charge in [-0.15, -0.1) is 0 Å². The van der Waals surface area contributed by atoms with Crippen molar-refractivity contribution in [2.45, 2.75) is 31.6 Å². The van der Waals surface area contributed by atoms with Crippen LogP contribution in [0.3, 0.4) is 0 Å². The Morgan fingerprint density at radius 3 is 2.77 bits per heavy atom. The highest BCUT2D eigenvalue weighted by atomic mass is 16.6. The van der Waals surface area contributed by atoms with Crippen LogP contribution in [0.25, 0.3) is 10.9 Å². The maximum absolute atomic E-state index is 13.4. The number of H-pyrrole nitrogens is 1. The van der Waals surface area contributed by atoms with Crippen molar-refractivity contribution in [2.24, 2.45) is 0 Å². The Morgan fingerprint density at radius 2 is 1.94 bits per heavy atom. The summed E-state index contributed by atoms with van der Waals surface area (Å²) in [5.74, 6) is 1.37. The van der Waals surface area contributed by atoms with Gasteiger partial charge < -0.3 is 24.1 Å². The number of hydrogen-bond donors (Lipinski definition) is 1. The van der Waals surface area contributed by atoms with E-state index in [1.807, 2.05) is 24.3 Å². The summed E-state index contributed by atoms with van der Waals surface area (Å²) in [6.07, 6.45) is 1.03. The van der Waals surface area contributed by atoms with Gasteiger partial charge in [0, 0.05) is 13.2 Å². The second-order valence-electron chi connectivity index (χ2n) is 7.75. The average Bonchev–Trinajstić information content (AvgIpc) is 3.31. The number of carbonyl (C=O) groups excluding carboxylic acids is 1. The van der Waals surface area contributed by atoms with E-state index < -0.39 is 6.10 Å². The number of hydrogen-bond acceptors (Lipinski definition) is 6. The summed E-state index contributed by atoms with van der Waals surface area (Å²) in [5.41, 5.74) is 0.369. The van der Waals surface area contributed by atoms with Gasteiger partial charge in [-0.25, -0.2) is 4.98 Å². The van der Waals surface area contributed by atoms with Crippen LogP contribution in [0.1, 0.15) is 18.7 Å². The zero-order valence-electron chi connectivity index (χ0n) is 17.0. The summed E-state index contributed by atoms with van der Waals surface area (Å²) < 4.78 is 17.4. The Hall–Kier alpha value is -3.39. The smallest absolute Gasteiger partial charge is 0.267 e. The molecule has 8 nitrogen and oxygen atoms in total. The van der Waals surface area contributed by atoms with Gasteiger partial charge in [0.15, 0.2) is 11.5 Å². The number of fused-ring (bicyclic) bond motifs is 2. The molecule has 8 heteroatoms. The Labute approximate surface area is 178 Å². The highest BCUT2D eigenvalue weighted by Crippen LogP contribution is 2.31. The zero-order valence-corrected chi connectivity index (χ0v) is 17.0. The van der Waals surface area contributed by atoms with Crippen molar-refractivity contribution in [2.75, 3.05) is 19.8 Å². The second kappa shape index (κ2) is 8.39. The van der Waals surface area contributed by atoms with E-state index in [0.717, 1.165) is 12.8 Å². The van der Waals surface area contributed by atoms with Gasteiger partial charge in [0.2, 0.25) is 6.10 Å². The molecule has 1 fully saturated rings. The number of nitrogens with zero attached hydrogens (tertiary/aromatic N) is 2. The van der Waals surface area contributed by atoms with Crippen molar-refractivity contribution in [3.8, 4) is 11.5 Å². The normalized spacial score (nSPS) is 20.0. The predicted octanol–water partition coefficient (Wildman–Crippen LogP) is 2.27. The third kappa shape index (κ3) is 4.11. The van der Waals surface area contributed by atoms with Gasteiger partial charge in [-0.2, -0.15) is 0 Å². The van der Waals surface area contributed by atoms with Gasteiger partial charge in [-0.05, 0) is 37.1 Å². The number of para-hydroxylation sites is 3. The first-order valence-electron chi connectivity index (χ1n) is 10.4. The zero-order chi connectivity index (χ0) is 21.2. The first-order valence-corrected chi connectivity index (χ1v) is 10.4. The highest BCUT2D eigenvalue weighted by molar-refractivity contribution is 5.82. The van der Waals surface area contributed by atoms with Gasteiger partial charge in [0.05, 0.1) is 23.6 Å². The van der Waals surface area contributed by atoms with Gasteiger partial charge in [-0.3, -0.25) is 9.59 Å².